The van der Waals surface area contributed by atoms with Crippen molar-refractivity contribution in [2.45, 2.75) is 109 Å². The average Bonchev–Trinajstić information content (AvgIpc) is 3.46. The van der Waals surface area contributed by atoms with Gasteiger partial charge in [0.05, 0.1) is 0 Å². The predicted octanol–water partition coefficient (Wildman–Crippen LogP) is 0.978. The van der Waals surface area contributed by atoms with E-state index < -0.39 is 98.6 Å². The Kier molecular flexibility index (Phi) is 20.5. The molecule has 3 amide bonds. The maximum Gasteiger partial charge on any atom is 0.508 e. The summed E-state index contributed by atoms with van der Waals surface area (Å²) in [5, 5.41) is 8.12. The van der Waals surface area contributed by atoms with Gasteiger partial charge >= 0.3 is 37.9 Å². The number of esters is 3. The second-order valence-electron chi connectivity index (χ2n) is 13.7. The van der Waals surface area contributed by atoms with Crippen molar-refractivity contribution in [1.29, 1.82) is 0 Å². The van der Waals surface area contributed by atoms with Crippen molar-refractivity contribution >= 4 is 51.7 Å². The summed E-state index contributed by atoms with van der Waals surface area (Å²) in [7, 11) is -1.67. The molecule has 0 radical (unpaired) electrons. The molecular weight excluding hydrogens is 804 g/mol. The van der Waals surface area contributed by atoms with Gasteiger partial charge in [-0.05, 0) is 31.2 Å². The van der Waals surface area contributed by atoms with Gasteiger partial charge < -0.3 is 58.7 Å². The van der Waals surface area contributed by atoms with Crippen molar-refractivity contribution in [3.05, 3.63) is 35.9 Å². The average molecular weight is 860 g/mol. The number of phosphoric acid groups is 1. The van der Waals surface area contributed by atoms with Crippen LogP contribution in [0, 0.1) is 5.92 Å². The van der Waals surface area contributed by atoms with Crippen molar-refractivity contribution < 1.29 is 85.2 Å². The summed E-state index contributed by atoms with van der Waals surface area (Å²) in [4.78, 5) is 82.5. The maximum atomic E-state index is 12.5. The molecule has 0 aliphatic carbocycles. The molecule has 3 rings (SSSR count). The van der Waals surface area contributed by atoms with Gasteiger partial charge in [-0.25, -0.2) is 14.2 Å². The van der Waals surface area contributed by atoms with Gasteiger partial charge in [0, 0.05) is 66.4 Å². The molecule has 2 unspecified atom stereocenters. The summed E-state index contributed by atoms with van der Waals surface area (Å²) in [5.41, 5.74) is 0.764. The third-order valence-electron chi connectivity index (χ3n) is 9.04. The topological polar surface area (TPSA) is 268 Å². The molecule has 2 saturated heterocycles. The highest BCUT2D eigenvalue weighted by molar-refractivity contribution is 7.47. The van der Waals surface area contributed by atoms with Crippen LogP contribution < -0.4 is 16.0 Å². The van der Waals surface area contributed by atoms with Gasteiger partial charge in [-0.2, -0.15) is 0 Å². The highest BCUT2D eigenvalue weighted by atomic mass is 31.2. The van der Waals surface area contributed by atoms with E-state index in [2.05, 4.69) is 20.5 Å². The van der Waals surface area contributed by atoms with Crippen molar-refractivity contribution in [1.82, 2.24) is 16.0 Å². The van der Waals surface area contributed by atoms with Gasteiger partial charge in [0.2, 0.25) is 5.91 Å². The summed E-state index contributed by atoms with van der Waals surface area (Å²) in [6, 6.07) is 7.01. The summed E-state index contributed by atoms with van der Waals surface area (Å²) in [6.45, 7) is 4.61. The molecule has 21 nitrogen and oxygen atoms in total. The number of ether oxygens (including phenoxy) is 8. The summed E-state index contributed by atoms with van der Waals surface area (Å²) >= 11 is 0. The normalized spacial score (nSPS) is 26.0. The molecule has 4 N–H and O–H groups in total. The fourth-order valence-corrected chi connectivity index (χ4v) is 7.13. The number of carbonyl (C=O) groups excluding carboxylic acids is 6. The van der Waals surface area contributed by atoms with E-state index in [1.165, 1.54) is 13.8 Å². The molecule has 2 aliphatic heterocycles. The number of amides is 3. The number of rotatable bonds is 22. The Labute approximate surface area is 343 Å². The van der Waals surface area contributed by atoms with Crippen LogP contribution in [-0.2, 0) is 77.3 Å². The van der Waals surface area contributed by atoms with Crippen LogP contribution in [0.15, 0.2) is 30.3 Å². The van der Waals surface area contributed by atoms with Gasteiger partial charge in [0.15, 0.2) is 18.5 Å². The molecule has 2 fully saturated rings. The van der Waals surface area contributed by atoms with Crippen molar-refractivity contribution in [3.8, 4) is 0 Å². The van der Waals surface area contributed by atoms with Crippen molar-refractivity contribution in [3.63, 3.8) is 0 Å². The first kappa shape index (κ1) is 49.1. The molecule has 2 aliphatic rings. The first-order valence-corrected chi connectivity index (χ1v) is 20.6. The Bertz CT molecular complexity index is 1590. The molecule has 0 saturated carbocycles. The minimum Gasteiger partial charge on any atom is -0.463 e. The lowest BCUT2D eigenvalue weighted by molar-refractivity contribution is -0.277. The smallest absolute Gasteiger partial charge is 0.463 e. The largest absolute Gasteiger partial charge is 0.508 e. The van der Waals surface area contributed by atoms with Gasteiger partial charge in [-0.3, -0.25) is 28.2 Å². The SMILES string of the molecule is B[C@@H]1O[C@H](COC(=O)OCc2ccccc2)C(OP(=O)(O)OC)[C@@H]1CCCNC(=O)NCCCCO[C@@H]1O[C@H](COC(C)=O)[C@H](OC(C)=O)[C@H](OC(C)=O)[C@H]1NC(C)=O. The molecule has 0 spiro atoms. The number of phosphoric ester groups is 1. The number of nitrogens with one attached hydrogen (secondary N) is 3. The van der Waals surface area contributed by atoms with E-state index in [1.54, 1.807) is 32.1 Å². The Morgan fingerprint density at radius 3 is 2.05 bits per heavy atom. The molecule has 10 atom stereocenters. The Morgan fingerprint density at radius 2 is 1.42 bits per heavy atom. The number of unbranched alkanes of at least 4 members (excludes halogenated alkanes) is 1. The van der Waals surface area contributed by atoms with Crippen LogP contribution >= 0.6 is 7.82 Å². The lowest BCUT2D eigenvalue weighted by Gasteiger charge is -2.44. The second kappa shape index (κ2) is 24.7. The molecule has 23 heteroatoms. The molecule has 2 heterocycles. The standard InChI is InChI=1S/C36H55BN3O18P/c1-21(41)40-29-32(55-24(4)44)31(54-23(3)43)28(19-51-22(2)42)57-34(29)50-17-10-9-15-38-35(45)39-16-11-14-26-30(58-59(47,48)49-5)27(56-33(26)37)20-53-36(46)52-18-25-12-7-6-8-13-25/h6-8,12-13,26-34H,9-11,14-20,37H2,1-5H3,(H,40,41)(H,47,48)(H2,38,39,45)/t26-,27+,28+,29+,30?,31-,32+,33+,34+/m0/s1. The fourth-order valence-electron chi connectivity index (χ4n) is 6.45. The lowest BCUT2D eigenvalue weighted by Crippen LogP contribution is -2.66. The van der Waals surface area contributed by atoms with E-state index in [1.807, 2.05) is 6.07 Å². The van der Waals surface area contributed by atoms with Gasteiger partial charge in [0.1, 0.15) is 52.0 Å². The van der Waals surface area contributed by atoms with Crippen LogP contribution in [-0.4, -0.2) is 138 Å². The monoisotopic (exact) mass is 859 g/mol. The van der Waals surface area contributed by atoms with Crippen LogP contribution in [0.1, 0.15) is 58.9 Å². The quantitative estimate of drug-likeness (QED) is 0.0416. The fraction of sp³-hybridized carbons (Fsp3) is 0.667. The Balaban J connectivity index is 1.45. The van der Waals surface area contributed by atoms with Crippen LogP contribution in [0.5, 0.6) is 0 Å². The molecule has 1 aromatic rings. The number of hydrogen-bond acceptors (Lipinski definition) is 17. The third-order valence-corrected chi connectivity index (χ3v) is 10.0. The third kappa shape index (κ3) is 17.4. The second-order valence-corrected chi connectivity index (χ2v) is 15.2. The van der Waals surface area contributed by atoms with Crippen LogP contribution in [0.4, 0.5) is 9.59 Å². The molecule has 1 aromatic carbocycles. The molecule has 59 heavy (non-hydrogen) atoms. The molecule has 0 aromatic heterocycles. The zero-order valence-corrected chi connectivity index (χ0v) is 34.9. The number of urea groups is 1. The first-order chi connectivity index (χ1) is 28.0. The summed E-state index contributed by atoms with van der Waals surface area (Å²) in [6.07, 6.45) is -5.88. The van der Waals surface area contributed by atoms with E-state index in [0.717, 1.165) is 26.5 Å². The van der Waals surface area contributed by atoms with E-state index in [-0.39, 0.29) is 39.5 Å². The van der Waals surface area contributed by atoms with E-state index in [0.29, 0.717) is 25.7 Å². The van der Waals surface area contributed by atoms with Crippen molar-refractivity contribution in [2.75, 3.05) is 40.0 Å². The minimum atomic E-state index is -4.46. The summed E-state index contributed by atoms with van der Waals surface area (Å²) in [5.74, 6) is -3.01. The number of carbonyl (C=O) groups is 6. The van der Waals surface area contributed by atoms with Crippen LogP contribution in [0.3, 0.4) is 0 Å². The summed E-state index contributed by atoms with van der Waals surface area (Å²) < 4.78 is 66.6. The van der Waals surface area contributed by atoms with Crippen LogP contribution in [0.2, 0.25) is 0 Å². The zero-order valence-electron chi connectivity index (χ0n) is 34.0. The van der Waals surface area contributed by atoms with E-state index in [4.69, 9.17) is 42.4 Å². The molecule has 330 valence electrons. The minimum absolute atomic E-state index is 0.00417. The molecule has 0 bridgehead atoms. The zero-order chi connectivity index (χ0) is 43.5. The van der Waals surface area contributed by atoms with Gasteiger partial charge in [-0.1, -0.05) is 30.3 Å². The van der Waals surface area contributed by atoms with Crippen molar-refractivity contribution in [2.24, 2.45) is 5.92 Å². The first-order valence-electron chi connectivity index (χ1n) is 19.1. The highest BCUT2D eigenvalue weighted by Gasteiger charge is 2.51. The van der Waals surface area contributed by atoms with E-state index in [9.17, 15) is 38.2 Å². The highest BCUT2D eigenvalue weighted by Crippen LogP contribution is 2.48. The predicted molar refractivity (Wildman–Crippen MR) is 205 cm³/mol. The Morgan fingerprint density at radius 1 is 0.797 bits per heavy atom. The number of hydrogen-bond donors (Lipinski definition) is 4. The van der Waals surface area contributed by atoms with Gasteiger partial charge in [0.25, 0.3) is 0 Å². The lowest BCUT2D eigenvalue weighted by atomic mass is 9.82. The van der Waals surface area contributed by atoms with Crippen LogP contribution in [0.25, 0.3) is 0 Å². The maximum absolute atomic E-state index is 12.5. The van der Waals surface area contributed by atoms with Gasteiger partial charge in [-0.15, -0.1) is 0 Å². The number of benzene rings is 1. The Hall–Kier alpha value is -4.31. The molecular formula is C36H55BN3O18P. The van der Waals surface area contributed by atoms with E-state index >= 15 is 0 Å².